The molecule has 2 unspecified atom stereocenters. The van der Waals surface area contributed by atoms with Crippen LogP contribution >= 0.6 is 0 Å². The molecular weight excluding hydrogens is 262 g/mol. The summed E-state index contributed by atoms with van der Waals surface area (Å²) >= 11 is 0. The van der Waals surface area contributed by atoms with Crippen molar-refractivity contribution >= 4 is 5.91 Å². The van der Waals surface area contributed by atoms with Crippen molar-refractivity contribution in [2.45, 2.75) is 57.4 Å². The zero-order valence-corrected chi connectivity index (χ0v) is 13.1. The molecule has 116 valence electrons. The lowest BCUT2D eigenvalue weighted by Gasteiger charge is -2.30. The molecule has 1 amide bonds. The highest BCUT2D eigenvalue weighted by molar-refractivity contribution is 5.87. The summed E-state index contributed by atoms with van der Waals surface area (Å²) in [5.74, 6) is 0.252. The number of hydrogen-bond donors (Lipinski definition) is 2. The van der Waals surface area contributed by atoms with E-state index in [4.69, 9.17) is 0 Å². The van der Waals surface area contributed by atoms with Gasteiger partial charge in [0.2, 0.25) is 5.91 Å². The Hall–Kier alpha value is -1.35. The molecule has 1 aliphatic rings. The predicted octanol–water partition coefficient (Wildman–Crippen LogP) is 3.02. The third-order valence-corrected chi connectivity index (χ3v) is 4.77. The van der Waals surface area contributed by atoms with Crippen LogP contribution in [-0.2, 0) is 10.2 Å². The van der Waals surface area contributed by atoms with Crippen LogP contribution in [-0.4, -0.2) is 23.7 Å². The van der Waals surface area contributed by atoms with Gasteiger partial charge in [-0.1, -0.05) is 49.6 Å². The predicted molar refractivity (Wildman–Crippen MR) is 85.1 cm³/mol. The van der Waals surface area contributed by atoms with Crippen LogP contribution in [0.15, 0.2) is 30.3 Å². The van der Waals surface area contributed by atoms with E-state index < -0.39 is 5.41 Å². The maximum Gasteiger partial charge on any atom is 0.230 e. The van der Waals surface area contributed by atoms with E-state index in [1.165, 1.54) is 6.42 Å². The highest BCUT2D eigenvalue weighted by Crippen LogP contribution is 2.27. The summed E-state index contributed by atoms with van der Waals surface area (Å²) in [6, 6.07) is 9.99. The van der Waals surface area contributed by atoms with Crippen molar-refractivity contribution in [2.75, 3.05) is 6.61 Å². The van der Waals surface area contributed by atoms with E-state index in [0.29, 0.717) is 0 Å². The number of aliphatic hydroxyl groups is 1. The average Bonchev–Trinajstić information content (AvgIpc) is 2.73. The summed E-state index contributed by atoms with van der Waals surface area (Å²) in [6.07, 6.45) is 5.47. The molecule has 0 saturated heterocycles. The second kappa shape index (κ2) is 7.08. The Kier molecular flexibility index (Phi) is 5.40. The topological polar surface area (TPSA) is 49.3 Å². The summed E-state index contributed by atoms with van der Waals surface area (Å²) < 4.78 is 0. The van der Waals surface area contributed by atoms with E-state index >= 15 is 0 Å². The van der Waals surface area contributed by atoms with E-state index in [-0.39, 0.29) is 24.5 Å². The lowest BCUT2D eigenvalue weighted by molar-refractivity contribution is -0.127. The first-order valence-corrected chi connectivity index (χ1v) is 8.03. The van der Waals surface area contributed by atoms with E-state index in [0.717, 1.165) is 31.2 Å². The number of carbonyl (C=O) groups excluding carboxylic acids is 1. The van der Waals surface area contributed by atoms with Crippen molar-refractivity contribution in [1.29, 1.82) is 0 Å². The number of carbonyl (C=O) groups is 1. The maximum atomic E-state index is 12.7. The number of hydrogen-bond acceptors (Lipinski definition) is 2. The molecule has 0 heterocycles. The molecule has 2 rings (SSSR count). The molecule has 0 bridgehead atoms. The van der Waals surface area contributed by atoms with Crippen LogP contribution in [0, 0.1) is 5.92 Å². The van der Waals surface area contributed by atoms with Crippen molar-refractivity contribution in [2.24, 2.45) is 5.92 Å². The summed E-state index contributed by atoms with van der Waals surface area (Å²) in [5, 5.41) is 12.8. The molecule has 3 heteroatoms. The molecule has 0 aromatic heterocycles. The van der Waals surface area contributed by atoms with Gasteiger partial charge in [-0.3, -0.25) is 4.79 Å². The number of nitrogens with one attached hydrogen (secondary N) is 1. The van der Waals surface area contributed by atoms with E-state index in [1.54, 1.807) is 0 Å². The molecule has 1 aromatic carbocycles. The molecule has 1 aliphatic carbocycles. The van der Waals surface area contributed by atoms with Gasteiger partial charge in [0.15, 0.2) is 0 Å². The minimum absolute atomic E-state index is 0.0547. The van der Waals surface area contributed by atoms with E-state index in [1.807, 2.05) is 44.2 Å². The average molecular weight is 289 g/mol. The Morgan fingerprint density at radius 3 is 2.52 bits per heavy atom. The highest BCUT2D eigenvalue weighted by Gasteiger charge is 2.33. The fraction of sp³-hybridized carbons (Fsp3) is 0.611. The number of aliphatic hydroxyl groups excluding tert-OH is 1. The third-order valence-electron chi connectivity index (χ3n) is 4.77. The molecule has 0 aliphatic heterocycles. The maximum absolute atomic E-state index is 12.7. The molecule has 1 fully saturated rings. The van der Waals surface area contributed by atoms with Gasteiger partial charge in [-0.05, 0) is 32.3 Å². The smallest absolute Gasteiger partial charge is 0.230 e. The second-order valence-corrected chi connectivity index (χ2v) is 6.65. The fourth-order valence-electron chi connectivity index (χ4n) is 3.13. The quantitative estimate of drug-likeness (QED) is 0.837. The minimum atomic E-state index is -0.548. The van der Waals surface area contributed by atoms with Crippen molar-refractivity contribution in [3.8, 4) is 0 Å². The van der Waals surface area contributed by atoms with Crippen LogP contribution in [0.1, 0.15) is 51.5 Å². The monoisotopic (exact) mass is 289 g/mol. The summed E-state index contributed by atoms with van der Waals surface area (Å²) in [4.78, 5) is 12.7. The molecule has 1 saturated carbocycles. The normalized spacial score (nSPS) is 23.4. The number of rotatable bonds is 4. The molecule has 1 aromatic rings. The van der Waals surface area contributed by atoms with Gasteiger partial charge in [-0.15, -0.1) is 0 Å². The van der Waals surface area contributed by atoms with Crippen LogP contribution in [0.2, 0.25) is 0 Å². The molecule has 0 radical (unpaired) electrons. The Labute approximate surface area is 127 Å². The van der Waals surface area contributed by atoms with Gasteiger partial charge in [-0.25, -0.2) is 0 Å². The van der Waals surface area contributed by atoms with E-state index in [2.05, 4.69) is 5.32 Å². The minimum Gasteiger partial charge on any atom is -0.396 e. The first-order valence-electron chi connectivity index (χ1n) is 8.03. The van der Waals surface area contributed by atoms with Gasteiger partial charge < -0.3 is 10.4 Å². The summed E-state index contributed by atoms with van der Waals surface area (Å²) in [5.41, 5.74) is 0.477. The molecule has 3 nitrogen and oxygen atoms in total. The molecular formula is C18H27NO2. The molecule has 2 N–H and O–H groups in total. The van der Waals surface area contributed by atoms with E-state index in [9.17, 15) is 9.90 Å². The van der Waals surface area contributed by atoms with Crippen molar-refractivity contribution in [1.82, 2.24) is 5.32 Å². The summed E-state index contributed by atoms with van der Waals surface area (Å²) in [6.45, 7) is 4.08. The Morgan fingerprint density at radius 2 is 1.86 bits per heavy atom. The van der Waals surface area contributed by atoms with Gasteiger partial charge in [-0.2, -0.15) is 0 Å². The highest BCUT2D eigenvalue weighted by atomic mass is 16.3. The second-order valence-electron chi connectivity index (χ2n) is 6.65. The third kappa shape index (κ3) is 3.85. The molecule has 0 spiro atoms. The first-order chi connectivity index (χ1) is 10.1. The Bertz CT molecular complexity index is 456. The number of benzene rings is 1. The fourth-order valence-corrected chi connectivity index (χ4v) is 3.13. The zero-order valence-electron chi connectivity index (χ0n) is 13.1. The van der Waals surface area contributed by atoms with Crippen LogP contribution < -0.4 is 5.32 Å². The summed E-state index contributed by atoms with van der Waals surface area (Å²) in [7, 11) is 0. The molecule has 2 atom stereocenters. The van der Waals surface area contributed by atoms with Gasteiger partial charge in [0.1, 0.15) is 0 Å². The standard InChI is InChI=1S/C18H27NO2/c1-18(2,15-10-6-4-7-11-15)17(21)19-16-12-8-3-5-9-14(16)13-20/h4,6-7,10-11,14,16,20H,3,5,8-9,12-13H2,1-2H3,(H,19,21). The van der Waals surface area contributed by atoms with Crippen LogP contribution in [0.3, 0.4) is 0 Å². The molecule has 21 heavy (non-hydrogen) atoms. The SMILES string of the molecule is CC(C)(C(=O)NC1CCCCCC1CO)c1ccccc1. The van der Waals surface area contributed by atoms with Crippen LogP contribution in [0.25, 0.3) is 0 Å². The van der Waals surface area contributed by atoms with Crippen molar-refractivity contribution in [3.63, 3.8) is 0 Å². The van der Waals surface area contributed by atoms with Crippen LogP contribution in [0.4, 0.5) is 0 Å². The Balaban J connectivity index is 2.08. The van der Waals surface area contributed by atoms with Crippen molar-refractivity contribution in [3.05, 3.63) is 35.9 Å². The Morgan fingerprint density at radius 1 is 1.19 bits per heavy atom. The van der Waals surface area contributed by atoms with Gasteiger partial charge in [0, 0.05) is 18.6 Å². The van der Waals surface area contributed by atoms with Gasteiger partial charge >= 0.3 is 0 Å². The first kappa shape index (κ1) is 16.0. The van der Waals surface area contributed by atoms with Gasteiger partial charge in [0.05, 0.1) is 5.41 Å². The lowest BCUT2D eigenvalue weighted by atomic mass is 9.83. The van der Waals surface area contributed by atoms with Crippen molar-refractivity contribution < 1.29 is 9.90 Å². The van der Waals surface area contributed by atoms with Crippen LogP contribution in [0.5, 0.6) is 0 Å². The number of amides is 1. The largest absolute Gasteiger partial charge is 0.396 e. The zero-order chi connectivity index (χ0) is 15.3. The lowest BCUT2D eigenvalue weighted by Crippen LogP contribution is -2.48. The van der Waals surface area contributed by atoms with Gasteiger partial charge in [0.25, 0.3) is 0 Å².